The highest BCUT2D eigenvalue weighted by atomic mass is 16.2. The quantitative estimate of drug-likeness (QED) is 0.600. The fraction of sp³-hybridized carbons (Fsp3) is 0.333. The Kier molecular flexibility index (Phi) is 8.00. The smallest absolute Gasteiger partial charge is 0.261 e. The summed E-state index contributed by atoms with van der Waals surface area (Å²) in [6.07, 6.45) is 6.05. The summed E-state index contributed by atoms with van der Waals surface area (Å²) in [5.41, 5.74) is 3.98. The Bertz CT molecular complexity index is 989. The van der Waals surface area contributed by atoms with Gasteiger partial charge in [-0.1, -0.05) is 52.3 Å². The molecule has 1 amide bonds. The van der Waals surface area contributed by atoms with Crippen molar-refractivity contribution in [1.82, 2.24) is 4.98 Å². The molecule has 1 aliphatic rings. The Balaban J connectivity index is 0.000000514. The van der Waals surface area contributed by atoms with Crippen molar-refractivity contribution in [3.05, 3.63) is 75.6 Å². The van der Waals surface area contributed by atoms with Crippen LogP contribution in [0.3, 0.4) is 0 Å². The maximum atomic E-state index is 12.5. The lowest BCUT2D eigenvalue weighted by Crippen LogP contribution is -2.22. The standard InChI is InChI=1S/C19H16N2O2.C3H8.C2H6/c22-18-15-6-1-2-7-17(15)20-11-16(18)19(23)21-14-9-8-12-4-3-5-13(12)10-14;1-3-2;1-2/h1-2,6-11H,3-5H2,(H,20,22)(H,21,23);3H2,1-2H3;1-2H3. The van der Waals surface area contributed by atoms with Gasteiger partial charge in [0.05, 0.1) is 0 Å². The summed E-state index contributed by atoms with van der Waals surface area (Å²) < 4.78 is 0. The van der Waals surface area contributed by atoms with Crippen molar-refractivity contribution >= 4 is 22.5 Å². The summed E-state index contributed by atoms with van der Waals surface area (Å²) in [5.74, 6) is -0.380. The lowest BCUT2D eigenvalue weighted by Gasteiger charge is -2.08. The van der Waals surface area contributed by atoms with Crippen molar-refractivity contribution in [3.8, 4) is 0 Å². The Morgan fingerprint density at radius 2 is 1.71 bits per heavy atom. The number of carbonyl (C=O) groups excluding carboxylic acids is 1. The van der Waals surface area contributed by atoms with Crippen molar-refractivity contribution in [2.75, 3.05) is 5.32 Å². The Hall–Kier alpha value is -2.88. The highest BCUT2D eigenvalue weighted by molar-refractivity contribution is 6.05. The second-order valence-electron chi connectivity index (χ2n) is 6.58. The highest BCUT2D eigenvalue weighted by Gasteiger charge is 2.15. The van der Waals surface area contributed by atoms with E-state index >= 15 is 0 Å². The molecule has 2 aromatic carbocycles. The molecule has 0 atom stereocenters. The van der Waals surface area contributed by atoms with Crippen LogP contribution < -0.4 is 10.7 Å². The van der Waals surface area contributed by atoms with E-state index in [0.29, 0.717) is 5.39 Å². The van der Waals surface area contributed by atoms with Gasteiger partial charge >= 0.3 is 0 Å². The first-order chi connectivity index (χ1) is 13.6. The van der Waals surface area contributed by atoms with Gasteiger partial charge < -0.3 is 10.3 Å². The number of hydrogen-bond donors (Lipinski definition) is 2. The maximum absolute atomic E-state index is 12.5. The van der Waals surface area contributed by atoms with Crippen LogP contribution in [0.1, 0.15) is 62.0 Å². The molecule has 0 unspecified atom stereocenters. The van der Waals surface area contributed by atoms with E-state index in [-0.39, 0.29) is 16.9 Å². The topological polar surface area (TPSA) is 62.0 Å². The SMILES string of the molecule is CC.CCC.O=C(Nc1ccc2c(c1)CCC2)c1c[nH]c2ccccc2c1=O. The van der Waals surface area contributed by atoms with Crippen molar-refractivity contribution in [2.24, 2.45) is 0 Å². The van der Waals surface area contributed by atoms with E-state index in [1.165, 1.54) is 23.7 Å². The fourth-order valence-electron chi connectivity index (χ4n) is 3.18. The summed E-state index contributed by atoms with van der Waals surface area (Å²) in [5, 5.41) is 3.36. The number of benzene rings is 2. The molecule has 2 N–H and O–H groups in total. The van der Waals surface area contributed by atoms with Crippen LogP contribution in [-0.4, -0.2) is 10.9 Å². The van der Waals surface area contributed by atoms with Crippen LogP contribution in [0.4, 0.5) is 5.69 Å². The number of H-pyrrole nitrogens is 1. The van der Waals surface area contributed by atoms with Crippen LogP contribution in [0.2, 0.25) is 0 Å². The molecule has 0 bridgehead atoms. The minimum Gasteiger partial charge on any atom is -0.360 e. The number of carbonyl (C=O) groups is 1. The van der Waals surface area contributed by atoms with E-state index < -0.39 is 0 Å². The summed E-state index contributed by atoms with van der Waals surface area (Å²) >= 11 is 0. The number of hydrogen-bond acceptors (Lipinski definition) is 2. The number of anilines is 1. The third-order valence-corrected chi connectivity index (χ3v) is 4.39. The number of pyridine rings is 1. The monoisotopic (exact) mass is 378 g/mol. The van der Waals surface area contributed by atoms with E-state index in [1.54, 1.807) is 12.1 Å². The number of para-hydroxylation sites is 1. The predicted molar refractivity (Wildman–Crippen MR) is 118 cm³/mol. The minimum atomic E-state index is -0.380. The zero-order chi connectivity index (χ0) is 20.5. The molecule has 1 heterocycles. The molecule has 4 nitrogen and oxygen atoms in total. The summed E-state index contributed by atoms with van der Waals surface area (Å²) in [6.45, 7) is 8.25. The maximum Gasteiger partial charge on any atom is 0.261 e. The molecule has 4 rings (SSSR count). The second kappa shape index (κ2) is 10.5. The average molecular weight is 379 g/mol. The first-order valence-electron chi connectivity index (χ1n) is 10.2. The van der Waals surface area contributed by atoms with E-state index in [0.717, 1.165) is 30.5 Å². The number of aromatic amines is 1. The van der Waals surface area contributed by atoms with Crippen molar-refractivity contribution in [2.45, 2.75) is 53.4 Å². The number of fused-ring (bicyclic) bond motifs is 2. The van der Waals surface area contributed by atoms with Crippen LogP contribution >= 0.6 is 0 Å². The van der Waals surface area contributed by atoms with Gasteiger partial charge in [0.1, 0.15) is 5.56 Å². The van der Waals surface area contributed by atoms with Gasteiger partial charge in [-0.25, -0.2) is 0 Å². The molecule has 1 aromatic heterocycles. The predicted octanol–water partition coefficient (Wildman–Crippen LogP) is 5.71. The number of aryl methyl sites for hydroxylation is 2. The number of nitrogens with one attached hydrogen (secondary N) is 2. The molecule has 4 heteroatoms. The molecule has 0 saturated heterocycles. The van der Waals surface area contributed by atoms with Gasteiger partial charge in [0, 0.05) is 22.8 Å². The molecule has 1 aliphatic carbocycles. The van der Waals surface area contributed by atoms with E-state index in [2.05, 4.69) is 30.2 Å². The number of aromatic nitrogens is 1. The second-order valence-corrected chi connectivity index (χ2v) is 6.58. The average Bonchev–Trinajstić information content (AvgIpc) is 3.18. The van der Waals surface area contributed by atoms with Crippen LogP contribution in [-0.2, 0) is 12.8 Å². The van der Waals surface area contributed by atoms with Crippen LogP contribution in [0.25, 0.3) is 10.9 Å². The minimum absolute atomic E-state index is 0.129. The Morgan fingerprint density at radius 3 is 2.46 bits per heavy atom. The Morgan fingerprint density at radius 1 is 1.04 bits per heavy atom. The van der Waals surface area contributed by atoms with Gasteiger partial charge in [-0.2, -0.15) is 0 Å². The van der Waals surface area contributed by atoms with E-state index in [4.69, 9.17) is 0 Å². The summed E-state index contributed by atoms with van der Waals surface area (Å²) in [6, 6.07) is 13.1. The van der Waals surface area contributed by atoms with Crippen LogP contribution in [0.5, 0.6) is 0 Å². The largest absolute Gasteiger partial charge is 0.360 e. The third-order valence-electron chi connectivity index (χ3n) is 4.39. The molecule has 0 spiro atoms. The summed E-state index contributed by atoms with van der Waals surface area (Å²) in [7, 11) is 0. The van der Waals surface area contributed by atoms with Gasteiger partial charge in [-0.05, 0) is 54.7 Å². The first kappa shape index (κ1) is 21.4. The highest BCUT2D eigenvalue weighted by Crippen LogP contribution is 2.25. The molecule has 3 aromatic rings. The fourth-order valence-corrected chi connectivity index (χ4v) is 3.18. The van der Waals surface area contributed by atoms with Gasteiger partial charge in [-0.15, -0.1) is 0 Å². The normalized spacial score (nSPS) is 11.6. The zero-order valence-electron chi connectivity index (χ0n) is 17.3. The zero-order valence-corrected chi connectivity index (χ0v) is 17.3. The molecule has 0 fully saturated rings. The van der Waals surface area contributed by atoms with Crippen LogP contribution in [0.15, 0.2) is 53.5 Å². The first-order valence-corrected chi connectivity index (χ1v) is 10.2. The molecule has 0 radical (unpaired) electrons. The van der Waals surface area contributed by atoms with Gasteiger partial charge in [0.2, 0.25) is 5.43 Å². The molecule has 28 heavy (non-hydrogen) atoms. The van der Waals surface area contributed by atoms with E-state index in [9.17, 15) is 9.59 Å². The molecular formula is C24H30N2O2. The van der Waals surface area contributed by atoms with Crippen molar-refractivity contribution in [1.29, 1.82) is 0 Å². The van der Waals surface area contributed by atoms with Crippen molar-refractivity contribution < 1.29 is 4.79 Å². The third kappa shape index (κ3) is 4.89. The lowest BCUT2D eigenvalue weighted by molar-refractivity contribution is 0.102. The Labute approximate surface area is 167 Å². The van der Waals surface area contributed by atoms with E-state index in [1.807, 2.05) is 38.1 Å². The van der Waals surface area contributed by atoms with Gasteiger partial charge in [0.15, 0.2) is 0 Å². The lowest BCUT2D eigenvalue weighted by atomic mass is 10.1. The van der Waals surface area contributed by atoms with Crippen molar-refractivity contribution in [3.63, 3.8) is 0 Å². The van der Waals surface area contributed by atoms with Crippen LogP contribution in [0, 0.1) is 0 Å². The molecule has 0 aliphatic heterocycles. The number of amides is 1. The van der Waals surface area contributed by atoms with Gasteiger partial charge in [0.25, 0.3) is 5.91 Å². The summed E-state index contributed by atoms with van der Waals surface area (Å²) in [4.78, 5) is 27.9. The molecule has 148 valence electrons. The molecular weight excluding hydrogens is 348 g/mol. The molecule has 0 saturated carbocycles. The number of rotatable bonds is 2. The van der Waals surface area contributed by atoms with Gasteiger partial charge in [-0.3, -0.25) is 9.59 Å².